The number of nitrogens with zero attached hydrogens (tertiary/aromatic N) is 3. The molecule has 22 heavy (non-hydrogen) atoms. The van der Waals surface area contributed by atoms with E-state index in [4.69, 9.17) is 0 Å². The van der Waals surface area contributed by atoms with Crippen LogP contribution < -0.4 is 0 Å². The molecule has 4 nitrogen and oxygen atoms in total. The minimum atomic E-state index is 0.199. The van der Waals surface area contributed by atoms with Gasteiger partial charge in [-0.15, -0.1) is 0 Å². The molecule has 116 valence electrons. The van der Waals surface area contributed by atoms with Crippen molar-refractivity contribution in [3.8, 4) is 0 Å². The minimum absolute atomic E-state index is 0.199. The molecule has 0 radical (unpaired) electrons. The van der Waals surface area contributed by atoms with Gasteiger partial charge < -0.3 is 9.47 Å². The first-order chi connectivity index (χ1) is 10.6. The van der Waals surface area contributed by atoms with Crippen LogP contribution in [0.1, 0.15) is 42.1 Å². The highest BCUT2D eigenvalue weighted by Crippen LogP contribution is 2.34. The first-order valence-electron chi connectivity index (χ1n) is 7.93. The molecule has 1 aliphatic rings. The van der Waals surface area contributed by atoms with Gasteiger partial charge in [-0.25, -0.2) is 4.98 Å². The Hall–Kier alpha value is -2.10. The fraction of sp³-hybridized carbons (Fsp3) is 0.444. The van der Waals surface area contributed by atoms with Gasteiger partial charge in [0, 0.05) is 32.9 Å². The molecule has 1 aromatic heterocycles. The van der Waals surface area contributed by atoms with E-state index in [0.717, 1.165) is 18.7 Å². The van der Waals surface area contributed by atoms with Crippen molar-refractivity contribution in [3.05, 3.63) is 53.6 Å². The summed E-state index contributed by atoms with van der Waals surface area (Å²) in [6.07, 6.45) is 7.70. The minimum Gasteiger partial charge on any atom is -0.338 e. The average Bonchev–Trinajstić information content (AvgIpc) is 2.93. The smallest absolute Gasteiger partial charge is 0.223 e. The lowest BCUT2D eigenvalue weighted by atomic mass is 9.81. The van der Waals surface area contributed by atoms with Gasteiger partial charge in [0.15, 0.2) is 0 Å². The molecule has 0 saturated heterocycles. The molecule has 0 aliphatic heterocycles. The van der Waals surface area contributed by atoms with Gasteiger partial charge in [-0.3, -0.25) is 4.79 Å². The zero-order chi connectivity index (χ0) is 15.5. The molecule has 1 atom stereocenters. The van der Waals surface area contributed by atoms with Crippen molar-refractivity contribution in [3.63, 3.8) is 0 Å². The molecule has 0 saturated carbocycles. The third kappa shape index (κ3) is 3.06. The molecule has 0 bridgehead atoms. The van der Waals surface area contributed by atoms with E-state index in [0.29, 0.717) is 18.9 Å². The molecule has 4 heteroatoms. The number of carbonyl (C=O) groups excluding carboxylic acids is 1. The molecular weight excluding hydrogens is 274 g/mol. The number of carbonyl (C=O) groups is 1. The lowest BCUT2D eigenvalue weighted by Gasteiger charge is -2.27. The van der Waals surface area contributed by atoms with Crippen molar-refractivity contribution in [1.82, 2.24) is 14.5 Å². The number of hydrogen-bond donors (Lipinski definition) is 0. The second-order valence-corrected chi connectivity index (χ2v) is 6.20. The van der Waals surface area contributed by atoms with Gasteiger partial charge >= 0.3 is 0 Å². The van der Waals surface area contributed by atoms with Crippen LogP contribution in [0.3, 0.4) is 0 Å². The molecule has 3 rings (SSSR count). The number of benzene rings is 1. The number of imidazole rings is 1. The van der Waals surface area contributed by atoms with Crippen molar-refractivity contribution < 1.29 is 4.79 Å². The van der Waals surface area contributed by atoms with Crippen LogP contribution in [0.4, 0.5) is 0 Å². The van der Waals surface area contributed by atoms with Crippen LogP contribution in [0, 0.1) is 0 Å². The highest BCUT2D eigenvalue weighted by Gasteiger charge is 2.24. The van der Waals surface area contributed by atoms with Crippen molar-refractivity contribution in [1.29, 1.82) is 0 Å². The molecule has 1 aromatic carbocycles. The summed E-state index contributed by atoms with van der Waals surface area (Å²) in [5.74, 6) is 1.48. The van der Waals surface area contributed by atoms with E-state index in [1.165, 1.54) is 17.5 Å². The van der Waals surface area contributed by atoms with E-state index in [1.807, 2.05) is 24.9 Å². The standard InChI is InChI=1S/C18H23N3O/c1-20-11-10-19-17(20)13-21(2)18(22)12-15-8-5-7-14-6-3-4-9-16(14)15/h3-4,6,9-11,15H,5,7-8,12-13H2,1-2H3/t15-/m0/s1. The Morgan fingerprint density at radius 2 is 2.23 bits per heavy atom. The van der Waals surface area contributed by atoms with E-state index in [1.54, 1.807) is 11.1 Å². The third-order valence-corrected chi connectivity index (χ3v) is 4.64. The summed E-state index contributed by atoms with van der Waals surface area (Å²) in [4.78, 5) is 18.6. The van der Waals surface area contributed by atoms with Crippen molar-refractivity contribution in [2.75, 3.05) is 7.05 Å². The third-order valence-electron chi connectivity index (χ3n) is 4.64. The van der Waals surface area contributed by atoms with Gasteiger partial charge in [0.05, 0.1) is 6.54 Å². The first-order valence-corrected chi connectivity index (χ1v) is 7.93. The number of fused-ring (bicyclic) bond motifs is 1. The molecule has 0 fully saturated rings. The molecule has 1 aliphatic carbocycles. The normalized spacial score (nSPS) is 17.1. The molecule has 0 unspecified atom stereocenters. The van der Waals surface area contributed by atoms with Crippen LogP contribution >= 0.6 is 0 Å². The fourth-order valence-electron chi connectivity index (χ4n) is 3.28. The van der Waals surface area contributed by atoms with Crippen LogP contribution in [0.15, 0.2) is 36.7 Å². The Morgan fingerprint density at radius 3 is 3.00 bits per heavy atom. The van der Waals surface area contributed by atoms with Gasteiger partial charge in [0.1, 0.15) is 5.82 Å². The number of aromatic nitrogens is 2. The summed E-state index contributed by atoms with van der Waals surface area (Å²) < 4.78 is 1.96. The first kappa shape index (κ1) is 14.8. The Balaban J connectivity index is 1.66. The summed E-state index contributed by atoms with van der Waals surface area (Å²) in [7, 11) is 3.82. The summed E-state index contributed by atoms with van der Waals surface area (Å²) in [5.41, 5.74) is 2.78. The Labute approximate surface area is 131 Å². The molecule has 1 amide bonds. The molecule has 0 spiro atoms. The SMILES string of the molecule is CN(Cc1nccn1C)C(=O)C[C@@H]1CCCc2ccccc21. The van der Waals surface area contributed by atoms with Gasteiger partial charge in [0.25, 0.3) is 0 Å². The summed E-state index contributed by atoms with van der Waals surface area (Å²) in [5, 5.41) is 0. The van der Waals surface area contributed by atoms with E-state index >= 15 is 0 Å². The zero-order valence-corrected chi connectivity index (χ0v) is 13.3. The summed E-state index contributed by atoms with van der Waals surface area (Å²) in [6, 6.07) is 8.56. The van der Waals surface area contributed by atoms with E-state index in [2.05, 4.69) is 29.2 Å². The largest absolute Gasteiger partial charge is 0.338 e. The second kappa shape index (κ2) is 6.34. The van der Waals surface area contributed by atoms with E-state index < -0.39 is 0 Å². The van der Waals surface area contributed by atoms with Crippen LogP contribution in [0.5, 0.6) is 0 Å². The Bertz CT molecular complexity index is 662. The number of hydrogen-bond acceptors (Lipinski definition) is 2. The van der Waals surface area contributed by atoms with Gasteiger partial charge in [0.2, 0.25) is 5.91 Å². The molecule has 2 aromatic rings. The number of aryl methyl sites for hydroxylation is 2. The monoisotopic (exact) mass is 297 g/mol. The maximum atomic E-state index is 12.5. The van der Waals surface area contributed by atoms with Gasteiger partial charge in [-0.2, -0.15) is 0 Å². The molecule has 1 heterocycles. The highest BCUT2D eigenvalue weighted by atomic mass is 16.2. The average molecular weight is 297 g/mol. The predicted octanol–water partition coefficient (Wildman–Crippen LogP) is 2.89. The quantitative estimate of drug-likeness (QED) is 0.870. The summed E-state index contributed by atoms with van der Waals surface area (Å²) in [6.45, 7) is 0.566. The van der Waals surface area contributed by atoms with Crippen molar-refractivity contribution >= 4 is 5.91 Å². The van der Waals surface area contributed by atoms with E-state index in [9.17, 15) is 4.79 Å². The van der Waals surface area contributed by atoms with E-state index in [-0.39, 0.29) is 5.91 Å². The second-order valence-electron chi connectivity index (χ2n) is 6.20. The van der Waals surface area contributed by atoms with Crippen LogP contribution in [0.2, 0.25) is 0 Å². The lowest BCUT2D eigenvalue weighted by Crippen LogP contribution is -2.29. The summed E-state index contributed by atoms with van der Waals surface area (Å²) >= 11 is 0. The maximum absolute atomic E-state index is 12.5. The maximum Gasteiger partial charge on any atom is 0.223 e. The number of amides is 1. The Kier molecular flexibility index (Phi) is 4.27. The fourth-order valence-corrected chi connectivity index (χ4v) is 3.28. The van der Waals surface area contributed by atoms with Crippen LogP contribution in [0.25, 0.3) is 0 Å². The van der Waals surface area contributed by atoms with Gasteiger partial charge in [-0.1, -0.05) is 24.3 Å². The zero-order valence-electron chi connectivity index (χ0n) is 13.3. The topological polar surface area (TPSA) is 38.1 Å². The lowest BCUT2D eigenvalue weighted by molar-refractivity contribution is -0.131. The van der Waals surface area contributed by atoms with Crippen LogP contribution in [-0.2, 0) is 24.8 Å². The van der Waals surface area contributed by atoms with Gasteiger partial charge in [-0.05, 0) is 36.3 Å². The molecule has 0 N–H and O–H groups in total. The Morgan fingerprint density at radius 1 is 1.41 bits per heavy atom. The van der Waals surface area contributed by atoms with Crippen molar-refractivity contribution in [2.24, 2.45) is 7.05 Å². The van der Waals surface area contributed by atoms with Crippen molar-refractivity contribution in [2.45, 2.75) is 38.1 Å². The van der Waals surface area contributed by atoms with Crippen LogP contribution in [-0.4, -0.2) is 27.4 Å². The number of rotatable bonds is 4. The predicted molar refractivity (Wildman–Crippen MR) is 86.4 cm³/mol. The molecular formula is C18H23N3O. The highest BCUT2D eigenvalue weighted by molar-refractivity contribution is 5.77.